The van der Waals surface area contributed by atoms with E-state index < -0.39 is 0 Å². The van der Waals surface area contributed by atoms with Crippen molar-refractivity contribution >= 4 is 17.7 Å². The highest BCUT2D eigenvalue weighted by Gasteiger charge is 2.03. The number of aromatic nitrogens is 2. The first-order valence-electron chi connectivity index (χ1n) is 5.97. The van der Waals surface area contributed by atoms with Gasteiger partial charge in [0.15, 0.2) is 5.16 Å². The summed E-state index contributed by atoms with van der Waals surface area (Å²) >= 11 is 1.46. The normalized spacial score (nSPS) is 10.3. The standard InChI is InChI=1S/C12H19N3O2S/c1-3-5-13-7-10-8-14-12(15-9-10)18-6-4-11(16)17-2/h8-9,13H,3-7H2,1-2H3. The van der Waals surface area contributed by atoms with Gasteiger partial charge in [-0.3, -0.25) is 4.79 Å². The quantitative estimate of drug-likeness (QED) is 0.335. The molecule has 0 radical (unpaired) electrons. The highest BCUT2D eigenvalue weighted by atomic mass is 32.2. The van der Waals surface area contributed by atoms with Crippen molar-refractivity contribution in [1.29, 1.82) is 0 Å². The lowest BCUT2D eigenvalue weighted by Gasteiger charge is -2.03. The Morgan fingerprint density at radius 3 is 2.78 bits per heavy atom. The minimum absolute atomic E-state index is 0.206. The zero-order valence-electron chi connectivity index (χ0n) is 10.8. The fourth-order valence-electron chi connectivity index (χ4n) is 1.25. The Morgan fingerprint density at radius 1 is 1.44 bits per heavy atom. The summed E-state index contributed by atoms with van der Waals surface area (Å²) < 4.78 is 4.56. The zero-order valence-corrected chi connectivity index (χ0v) is 11.6. The van der Waals surface area contributed by atoms with E-state index in [0.717, 1.165) is 25.1 Å². The van der Waals surface area contributed by atoms with Crippen LogP contribution in [-0.4, -0.2) is 35.3 Å². The van der Waals surface area contributed by atoms with Crippen LogP contribution in [0.15, 0.2) is 17.6 Å². The monoisotopic (exact) mass is 269 g/mol. The topological polar surface area (TPSA) is 64.1 Å². The predicted octanol–water partition coefficient (Wildman–Crippen LogP) is 1.63. The van der Waals surface area contributed by atoms with Gasteiger partial charge < -0.3 is 10.1 Å². The van der Waals surface area contributed by atoms with Gasteiger partial charge >= 0.3 is 5.97 Å². The van der Waals surface area contributed by atoms with Crippen LogP contribution in [-0.2, 0) is 16.1 Å². The van der Waals surface area contributed by atoms with E-state index in [2.05, 4.69) is 26.9 Å². The molecule has 0 aliphatic carbocycles. The third-order valence-electron chi connectivity index (χ3n) is 2.20. The van der Waals surface area contributed by atoms with Crippen molar-refractivity contribution in [3.8, 4) is 0 Å². The molecular weight excluding hydrogens is 250 g/mol. The van der Waals surface area contributed by atoms with Gasteiger partial charge in [-0.15, -0.1) is 0 Å². The highest BCUT2D eigenvalue weighted by molar-refractivity contribution is 7.99. The molecule has 1 N–H and O–H groups in total. The van der Waals surface area contributed by atoms with Crippen LogP contribution in [0.2, 0.25) is 0 Å². The first kappa shape index (κ1) is 14.9. The maximum absolute atomic E-state index is 10.9. The lowest BCUT2D eigenvalue weighted by atomic mass is 10.3. The summed E-state index contributed by atoms with van der Waals surface area (Å²) in [5.41, 5.74) is 1.07. The zero-order chi connectivity index (χ0) is 13.2. The molecule has 0 unspecified atom stereocenters. The minimum atomic E-state index is -0.206. The second-order valence-electron chi connectivity index (χ2n) is 3.73. The Balaban J connectivity index is 2.29. The van der Waals surface area contributed by atoms with Gasteiger partial charge in [0.05, 0.1) is 13.5 Å². The van der Waals surface area contributed by atoms with Gasteiger partial charge in [-0.2, -0.15) is 0 Å². The molecule has 5 nitrogen and oxygen atoms in total. The molecule has 1 rings (SSSR count). The molecule has 0 saturated carbocycles. The number of nitrogens with zero attached hydrogens (tertiary/aromatic N) is 2. The molecule has 0 aliphatic heterocycles. The molecule has 0 atom stereocenters. The molecule has 1 heterocycles. The summed E-state index contributed by atoms with van der Waals surface area (Å²) in [6.07, 6.45) is 5.12. The van der Waals surface area contributed by atoms with Gasteiger partial charge in [0.25, 0.3) is 0 Å². The number of nitrogens with one attached hydrogen (secondary N) is 1. The van der Waals surface area contributed by atoms with E-state index in [-0.39, 0.29) is 5.97 Å². The van der Waals surface area contributed by atoms with Crippen molar-refractivity contribution in [2.24, 2.45) is 0 Å². The highest BCUT2D eigenvalue weighted by Crippen LogP contribution is 2.13. The third kappa shape index (κ3) is 5.97. The number of hydrogen-bond donors (Lipinski definition) is 1. The number of hydrogen-bond acceptors (Lipinski definition) is 6. The predicted molar refractivity (Wildman–Crippen MR) is 71.4 cm³/mol. The number of rotatable bonds is 8. The first-order valence-corrected chi connectivity index (χ1v) is 6.96. The number of esters is 1. The van der Waals surface area contributed by atoms with Gasteiger partial charge in [0.2, 0.25) is 0 Å². The Kier molecular flexibility index (Phi) is 7.36. The Labute approximate surface area is 112 Å². The molecule has 0 aromatic carbocycles. The molecule has 6 heteroatoms. The third-order valence-corrected chi connectivity index (χ3v) is 3.08. The maximum Gasteiger partial charge on any atom is 0.306 e. The molecule has 0 spiro atoms. The van der Waals surface area contributed by atoms with Crippen molar-refractivity contribution in [2.45, 2.75) is 31.5 Å². The number of ether oxygens (including phenoxy) is 1. The van der Waals surface area contributed by atoms with Crippen LogP contribution in [0.3, 0.4) is 0 Å². The number of carbonyl (C=O) groups excluding carboxylic acids is 1. The number of thioether (sulfide) groups is 1. The van der Waals surface area contributed by atoms with Crippen LogP contribution < -0.4 is 5.32 Å². The second kappa shape index (κ2) is 8.88. The van der Waals surface area contributed by atoms with Crippen LogP contribution in [0.1, 0.15) is 25.3 Å². The summed E-state index contributed by atoms with van der Waals surface area (Å²) in [6, 6.07) is 0. The van der Waals surface area contributed by atoms with E-state index in [1.807, 2.05) is 12.4 Å². The Hall–Kier alpha value is -1.14. The molecule has 100 valence electrons. The van der Waals surface area contributed by atoms with E-state index in [4.69, 9.17) is 0 Å². The lowest BCUT2D eigenvalue weighted by Crippen LogP contribution is -2.14. The van der Waals surface area contributed by atoms with Crippen LogP contribution in [0.25, 0.3) is 0 Å². The van der Waals surface area contributed by atoms with E-state index in [9.17, 15) is 4.79 Å². The van der Waals surface area contributed by atoms with Crippen molar-refractivity contribution in [3.63, 3.8) is 0 Å². The fourth-order valence-corrected chi connectivity index (χ4v) is 1.95. The van der Waals surface area contributed by atoms with Gasteiger partial charge in [-0.25, -0.2) is 9.97 Å². The lowest BCUT2D eigenvalue weighted by molar-refractivity contribution is -0.140. The van der Waals surface area contributed by atoms with Gasteiger partial charge in [-0.05, 0) is 13.0 Å². The largest absolute Gasteiger partial charge is 0.469 e. The fraction of sp³-hybridized carbons (Fsp3) is 0.583. The average molecular weight is 269 g/mol. The summed E-state index contributed by atoms with van der Waals surface area (Å²) in [6.45, 7) is 3.92. The molecule has 18 heavy (non-hydrogen) atoms. The van der Waals surface area contributed by atoms with Gasteiger partial charge in [0, 0.05) is 30.3 Å². The smallest absolute Gasteiger partial charge is 0.306 e. The molecule has 0 aliphatic rings. The van der Waals surface area contributed by atoms with Crippen molar-refractivity contribution < 1.29 is 9.53 Å². The first-order chi connectivity index (χ1) is 8.76. The van der Waals surface area contributed by atoms with Crippen LogP contribution >= 0.6 is 11.8 Å². The Bertz CT molecular complexity index is 357. The van der Waals surface area contributed by atoms with E-state index in [0.29, 0.717) is 17.3 Å². The second-order valence-corrected chi connectivity index (χ2v) is 4.79. The molecule has 1 aromatic rings. The molecule has 0 saturated heterocycles. The molecular formula is C12H19N3O2S. The van der Waals surface area contributed by atoms with Crippen LogP contribution in [0, 0.1) is 0 Å². The summed E-state index contributed by atoms with van der Waals surface area (Å²) in [5.74, 6) is 0.433. The average Bonchev–Trinajstić information content (AvgIpc) is 2.40. The summed E-state index contributed by atoms with van der Waals surface area (Å²) in [4.78, 5) is 19.4. The molecule has 0 bridgehead atoms. The van der Waals surface area contributed by atoms with Gasteiger partial charge in [-0.1, -0.05) is 18.7 Å². The van der Waals surface area contributed by atoms with Gasteiger partial charge in [0.1, 0.15) is 0 Å². The maximum atomic E-state index is 10.9. The van der Waals surface area contributed by atoms with E-state index >= 15 is 0 Å². The van der Waals surface area contributed by atoms with Crippen molar-refractivity contribution in [3.05, 3.63) is 18.0 Å². The molecule has 0 amide bonds. The van der Waals surface area contributed by atoms with Crippen molar-refractivity contribution in [2.75, 3.05) is 19.4 Å². The van der Waals surface area contributed by atoms with E-state index in [1.54, 1.807) is 0 Å². The number of carbonyl (C=O) groups is 1. The SMILES string of the molecule is CCCNCc1cnc(SCCC(=O)OC)nc1. The Morgan fingerprint density at radius 2 is 2.17 bits per heavy atom. The molecule has 1 aromatic heterocycles. The van der Waals surface area contributed by atoms with E-state index in [1.165, 1.54) is 18.9 Å². The summed E-state index contributed by atoms with van der Waals surface area (Å²) in [7, 11) is 1.39. The molecule has 0 fully saturated rings. The summed E-state index contributed by atoms with van der Waals surface area (Å²) in [5, 5.41) is 3.98. The number of methoxy groups -OCH3 is 1. The minimum Gasteiger partial charge on any atom is -0.469 e. The van der Waals surface area contributed by atoms with Crippen LogP contribution in [0.4, 0.5) is 0 Å². The van der Waals surface area contributed by atoms with Crippen molar-refractivity contribution in [1.82, 2.24) is 15.3 Å². The van der Waals surface area contributed by atoms with Crippen LogP contribution in [0.5, 0.6) is 0 Å².